The lowest BCUT2D eigenvalue weighted by Crippen LogP contribution is -2.13. The minimum absolute atomic E-state index is 0.686. The molecular formula is C13H23N. The van der Waals surface area contributed by atoms with Crippen LogP contribution in [-0.2, 0) is 0 Å². The van der Waals surface area contributed by atoms with Crippen LogP contribution in [0.2, 0.25) is 0 Å². The molecule has 0 amide bonds. The van der Waals surface area contributed by atoms with Crippen molar-refractivity contribution in [2.75, 3.05) is 0 Å². The number of nitrogens with zero attached hydrogens (tertiary/aromatic N) is 1. The molecule has 0 bridgehead atoms. The molecule has 0 unspecified atom stereocenters. The Morgan fingerprint density at radius 3 is 1.93 bits per heavy atom. The summed E-state index contributed by atoms with van der Waals surface area (Å²) in [6, 6.07) is 0.686. The molecule has 0 N–H and O–H groups in total. The minimum Gasteiger partial charge on any atom is -0.294 e. The van der Waals surface area contributed by atoms with E-state index in [-0.39, 0.29) is 0 Å². The van der Waals surface area contributed by atoms with Crippen molar-refractivity contribution in [3.05, 3.63) is 0 Å². The third-order valence-electron chi connectivity index (χ3n) is 3.73. The van der Waals surface area contributed by atoms with Gasteiger partial charge >= 0.3 is 0 Å². The first-order valence-corrected chi connectivity index (χ1v) is 6.48. The Morgan fingerprint density at radius 1 is 0.714 bits per heavy atom. The average Bonchev–Trinajstić information content (AvgIpc) is 2.29. The maximum absolute atomic E-state index is 4.78. The number of hydrogen-bond donors (Lipinski definition) is 0. The van der Waals surface area contributed by atoms with E-state index in [0.29, 0.717) is 6.04 Å². The van der Waals surface area contributed by atoms with Gasteiger partial charge < -0.3 is 0 Å². The van der Waals surface area contributed by atoms with Crippen LogP contribution in [-0.4, -0.2) is 12.3 Å². The molecule has 0 aromatic rings. The SMILES string of the molecule is C(=N\C1CCCCC1)/C1CCCCC1. The van der Waals surface area contributed by atoms with Crippen molar-refractivity contribution in [2.45, 2.75) is 70.3 Å². The van der Waals surface area contributed by atoms with Gasteiger partial charge in [-0.25, -0.2) is 0 Å². The van der Waals surface area contributed by atoms with Crippen LogP contribution in [0.15, 0.2) is 4.99 Å². The minimum atomic E-state index is 0.686. The summed E-state index contributed by atoms with van der Waals surface area (Å²) in [4.78, 5) is 4.78. The van der Waals surface area contributed by atoms with Gasteiger partial charge in [0.05, 0.1) is 0 Å². The van der Waals surface area contributed by atoms with Gasteiger partial charge in [0.25, 0.3) is 0 Å². The predicted octanol–water partition coefficient (Wildman–Crippen LogP) is 3.97. The molecule has 1 nitrogen and oxygen atoms in total. The van der Waals surface area contributed by atoms with Crippen molar-refractivity contribution in [3.8, 4) is 0 Å². The number of hydrogen-bond acceptors (Lipinski definition) is 1. The van der Waals surface area contributed by atoms with E-state index >= 15 is 0 Å². The van der Waals surface area contributed by atoms with Gasteiger partial charge in [-0.15, -0.1) is 0 Å². The van der Waals surface area contributed by atoms with E-state index in [1.165, 1.54) is 64.2 Å². The molecule has 80 valence electrons. The van der Waals surface area contributed by atoms with E-state index in [2.05, 4.69) is 6.21 Å². The summed E-state index contributed by atoms with van der Waals surface area (Å²) in [6.07, 6.45) is 16.4. The van der Waals surface area contributed by atoms with E-state index in [0.717, 1.165) is 5.92 Å². The third kappa shape index (κ3) is 3.11. The maximum atomic E-state index is 4.78. The summed E-state index contributed by atoms with van der Waals surface area (Å²) >= 11 is 0. The summed E-state index contributed by atoms with van der Waals surface area (Å²) in [6.45, 7) is 0. The second kappa shape index (κ2) is 5.53. The zero-order valence-electron chi connectivity index (χ0n) is 9.25. The second-order valence-corrected chi connectivity index (χ2v) is 4.99. The molecule has 14 heavy (non-hydrogen) atoms. The Balaban J connectivity index is 1.73. The molecule has 0 spiro atoms. The van der Waals surface area contributed by atoms with Crippen molar-refractivity contribution < 1.29 is 0 Å². The van der Waals surface area contributed by atoms with E-state index in [4.69, 9.17) is 4.99 Å². The van der Waals surface area contributed by atoms with Crippen molar-refractivity contribution in [3.63, 3.8) is 0 Å². The fourth-order valence-corrected chi connectivity index (χ4v) is 2.76. The molecule has 0 radical (unpaired) electrons. The maximum Gasteiger partial charge on any atom is 0.0495 e. The highest BCUT2D eigenvalue weighted by Crippen LogP contribution is 2.24. The Kier molecular flexibility index (Phi) is 4.03. The summed E-state index contributed by atoms with van der Waals surface area (Å²) in [5, 5.41) is 0. The van der Waals surface area contributed by atoms with Gasteiger partial charge in [-0.3, -0.25) is 4.99 Å². The van der Waals surface area contributed by atoms with Gasteiger partial charge in [-0.1, -0.05) is 38.5 Å². The Labute approximate surface area is 88.0 Å². The normalized spacial score (nSPS) is 27.1. The zero-order valence-corrected chi connectivity index (χ0v) is 9.25. The van der Waals surface area contributed by atoms with Crippen LogP contribution in [0.25, 0.3) is 0 Å². The lowest BCUT2D eigenvalue weighted by atomic mass is 9.90. The van der Waals surface area contributed by atoms with Gasteiger partial charge in [0, 0.05) is 12.3 Å². The summed E-state index contributed by atoms with van der Waals surface area (Å²) in [5.41, 5.74) is 0. The van der Waals surface area contributed by atoms with Gasteiger partial charge in [0.1, 0.15) is 0 Å². The fourth-order valence-electron chi connectivity index (χ4n) is 2.76. The number of aliphatic imine (C=N–C) groups is 1. The Bertz CT molecular complexity index is 154. The predicted molar refractivity (Wildman–Crippen MR) is 61.9 cm³/mol. The van der Waals surface area contributed by atoms with Gasteiger partial charge in [0.15, 0.2) is 0 Å². The fraction of sp³-hybridized carbons (Fsp3) is 0.923. The molecule has 2 saturated carbocycles. The molecule has 0 aliphatic heterocycles. The molecule has 0 heterocycles. The highest BCUT2D eigenvalue weighted by atomic mass is 14.8. The van der Waals surface area contributed by atoms with E-state index in [1.54, 1.807) is 0 Å². The first-order valence-electron chi connectivity index (χ1n) is 6.48. The van der Waals surface area contributed by atoms with Crippen LogP contribution in [0.4, 0.5) is 0 Å². The van der Waals surface area contributed by atoms with Crippen molar-refractivity contribution >= 4 is 6.21 Å². The van der Waals surface area contributed by atoms with E-state index in [1.807, 2.05) is 0 Å². The highest BCUT2D eigenvalue weighted by Gasteiger charge is 2.14. The molecule has 2 fully saturated rings. The molecule has 2 aliphatic carbocycles. The second-order valence-electron chi connectivity index (χ2n) is 4.99. The summed E-state index contributed by atoms with van der Waals surface area (Å²) < 4.78 is 0. The van der Waals surface area contributed by atoms with Gasteiger partial charge in [-0.05, 0) is 31.6 Å². The third-order valence-corrected chi connectivity index (χ3v) is 3.73. The number of rotatable bonds is 2. The van der Waals surface area contributed by atoms with Crippen LogP contribution in [0.3, 0.4) is 0 Å². The molecule has 2 aliphatic rings. The molecule has 0 saturated heterocycles. The van der Waals surface area contributed by atoms with Crippen LogP contribution in [0.1, 0.15) is 64.2 Å². The standard InChI is InChI=1S/C13H23N/c1-3-7-12(8-4-1)11-14-13-9-5-2-6-10-13/h11-13H,1-10H2/b14-11+. The monoisotopic (exact) mass is 193 g/mol. The topological polar surface area (TPSA) is 12.4 Å². The zero-order chi connectivity index (χ0) is 9.64. The van der Waals surface area contributed by atoms with Gasteiger partial charge in [-0.2, -0.15) is 0 Å². The highest BCUT2D eigenvalue weighted by molar-refractivity contribution is 5.61. The molecule has 0 aromatic heterocycles. The van der Waals surface area contributed by atoms with Crippen molar-refractivity contribution in [2.24, 2.45) is 10.9 Å². The lowest BCUT2D eigenvalue weighted by molar-refractivity contribution is 0.427. The van der Waals surface area contributed by atoms with Crippen LogP contribution >= 0.6 is 0 Å². The largest absolute Gasteiger partial charge is 0.294 e. The summed E-state index contributed by atoms with van der Waals surface area (Å²) in [5.74, 6) is 0.825. The van der Waals surface area contributed by atoms with E-state index in [9.17, 15) is 0 Å². The quantitative estimate of drug-likeness (QED) is 0.588. The van der Waals surface area contributed by atoms with Crippen LogP contribution < -0.4 is 0 Å². The molecule has 0 aromatic carbocycles. The first-order chi connectivity index (χ1) is 6.95. The van der Waals surface area contributed by atoms with Crippen LogP contribution in [0, 0.1) is 5.92 Å². The van der Waals surface area contributed by atoms with Gasteiger partial charge in [0.2, 0.25) is 0 Å². The molecular weight excluding hydrogens is 170 g/mol. The van der Waals surface area contributed by atoms with Crippen molar-refractivity contribution in [1.82, 2.24) is 0 Å². The van der Waals surface area contributed by atoms with Crippen LogP contribution in [0.5, 0.6) is 0 Å². The van der Waals surface area contributed by atoms with Crippen molar-refractivity contribution in [1.29, 1.82) is 0 Å². The average molecular weight is 193 g/mol. The molecule has 1 heteroatoms. The summed E-state index contributed by atoms with van der Waals surface area (Å²) in [7, 11) is 0. The molecule has 0 atom stereocenters. The van der Waals surface area contributed by atoms with E-state index < -0.39 is 0 Å². The smallest absolute Gasteiger partial charge is 0.0495 e. The Hall–Kier alpha value is -0.330. The lowest BCUT2D eigenvalue weighted by Gasteiger charge is -2.20. The first kappa shape index (κ1) is 10.2. The molecule has 2 rings (SSSR count). The Morgan fingerprint density at radius 2 is 1.29 bits per heavy atom.